The van der Waals surface area contributed by atoms with E-state index in [0.29, 0.717) is 54.9 Å². The smallest absolute Gasteiger partial charge is 0.404 e. The summed E-state index contributed by atoms with van der Waals surface area (Å²) in [7, 11) is -5.94. The van der Waals surface area contributed by atoms with E-state index in [4.69, 9.17) is 0 Å². The van der Waals surface area contributed by atoms with E-state index in [0.717, 1.165) is 52.9 Å². The summed E-state index contributed by atoms with van der Waals surface area (Å²) in [5.41, 5.74) is 7.52. The molecule has 0 spiro atoms. The number of rotatable bonds is 14. The number of fused-ring (bicyclic) bond motifs is 6. The van der Waals surface area contributed by atoms with Crippen LogP contribution in [0.4, 0.5) is 69.7 Å². The molecule has 2 N–H and O–H groups in total. The fourth-order valence-corrected chi connectivity index (χ4v) is 14.8. The average Bonchev–Trinajstić information content (AvgIpc) is 1.49. The molecule has 19 nitrogen and oxygen atoms in total. The summed E-state index contributed by atoms with van der Waals surface area (Å²) >= 11 is 0. The highest BCUT2D eigenvalue weighted by molar-refractivity contribution is 8.13. The van der Waals surface area contributed by atoms with Crippen LogP contribution in [0.25, 0.3) is 32.7 Å². The minimum absolute atomic E-state index is 0.000813. The minimum Gasteiger partial charge on any atom is -0.505 e. The van der Waals surface area contributed by atoms with Gasteiger partial charge >= 0.3 is 18.5 Å². The maximum absolute atomic E-state index is 13.3. The van der Waals surface area contributed by atoms with E-state index < -0.39 is 94.1 Å². The summed E-state index contributed by atoms with van der Waals surface area (Å²) in [5.74, 6) is -8.81. The number of nitrogens with one attached hydrogen (secondary N) is 1. The van der Waals surface area contributed by atoms with Crippen molar-refractivity contribution in [3.05, 3.63) is 206 Å². The molecule has 0 atom stereocenters. The highest BCUT2D eigenvalue weighted by Gasteiger charge is 2.44. The standard InChI is InChI=1S/C22H19F4N3O3S.C21H17F4N3O4S.C20H18FN3O.C2H2ClF3O2S/c1-13-18-17(11-29(21(18)30)10-14-5-7-15(23)8-6-14)20(16-4-3-9-27-19(13)16)28(2)33(31,32)12-22(24,25)26;1-27(33(31,32)11-21(23,24)25)18-14-3-2-8-26-17(14)19(29)16-15(18)10-28(20(16)30)9-12-4-6-13(22)7-5-12;1-12-17-16(19(22-2)15-4-3-9-23-18(12)15)11-24(20(17)25)10-13-5-7-14(21)8-6-13;3-9(7,8)1-2(4,5)6/h3-9H,10-12H2,1-2H3;2-8,29H,9-11H2,1H3;3-9,22H,10-11H2,1-2H3;1H2. The van der Waals surface area contributed by atoms with Crippen LogP contribution in [0.1, 0.15) is 75.6 Å². The number of aromatic hydroxyl groups is 1. The zero-order chi connectivity index (χ0) is 73.5. The molecule has 0 saturated carbocycles. The number of hydrogen-bond acceptors (Lipinski definition) is 14. The molecule has 0 fully saturated rings. The van der Waals surface area contributed by atoms with Gasteiger partial charge in [0.05, 0.1) is 39.1 Å². The topological polar surface area (TPSA) is 241 Å². The first kappa shape index (κ1) is 74.7. The summed E-state index contributed by atoms with van der Waals surface area (Å²) in [6.07, 6.45) is -10.1. The number of benzene rings is 6. The summed E-state index contributed by atoms with van der Waals surface area (Å²) < 4.78 is 221. The third-order valence-electron chi connectivity index (χ3n) is 16.1. The van der Waals surface area contributed by atoms with Crippen LogP contribution in [0.5, 0.6) is 5.75 Å². The Morgan fingerprint density at radius 2 is 0.790 bits per heavy atom. The maximum Gasteiger partial charge on any atom is 0.404 e. The maximum atomic E-state index is 13.3. The molecule has 0 unspecified atom stereocenters. The first-order chi connectivity index (χ1) is 46.6. The van der Waals surface area contributed by atoms with Crippen molar-refractivity contribution in [3.8, 4) is 5.75 Å². The number of halogens is 13. The van der Waals surface area contributed by atoms with Gasteiger partial charge in [-0.3, -0.25) is 37.9 Å². The molecular formula is C65H56ClF12N9O10S3. The molecular weight excluding hydrogens is 1430 g/mol. The van der Waals surface area contributed by atoms with Crippen molar-refractivity contribution >= 4 is 107 Å². The number of amides is 3. The van der Waals surface area contributed by atoms with Crippen LogP contribution < -0.4 is 13.9 Å². The number of nitrogens with zero attached hydrogens (tertiary/aromatic N) is 8. The lowest BCUT2D eigenvalue weighted by Gasteiger charge is -2.25. The fraction of sp³-hybridized carbons (Fsp3) is 0.262. The molecule has 9 aromatic rings. The summed E-state index contributed by atoms with van der Waals surface area (Å²) in [6.45, 7) is 4.55. The van der Waals surface area contributed by atoms with Crippen molar-refractivity contribution in [2.24, 2.45) is 0 Å². The molecule has 0 bridgehead atoms. The van der Waals surface area contributed by atoms with Crippen LogP contribution in [0.3, 0.4) is 0 Å². The van der Waals surface area contributed by atoms with Gasteiger partial charge in [-0.15, -0.1) is 0 Å². The molecule has 3 aliphatic heterocycles. The van der Waals surface area contributed by atoms with Gasteiger partial charge in [-0.05, 0) is 114 Å². The number of carbonyl (C=O) groups excluding carboxylic acids is 3. The van der Waals surface area contributed by atoms with Gasteiger partial charge in [0.1, 0.15) is 23.0 Å². The highest BCUT2D eigenvalue weighted by atomic mass is 35.7. The van der Waals surface area contributed by atoms with Crippen molar-refractivity contribution in [2.75, 3.05) is 52.3 Å². The number of hydrogen-bond donors (Lipinski definition) is 2. The van der Waals surface area contributed by atoms with Gasteiger partial charge < -0.3 is 25.1 Å². The fourth-order valence-electron chi connectivity index (χ4n) is 11.8. The third kappa shape index (κ3) is 16.7. The van der Waals surface area contributed by atoms with E-state index in [-0.39, 0.29) is 76.9 Å². The summed E-state index contributed by atoms with van der Waals surface area (Å²) in [4.78, 5) is 56.6. The number of phenols is 1. The van der Waals surface area contributed by atoms with Gasteiger partial charge in [0, 0.05) is 128 Å². The van der Waals surface area contributed by atoms with Crippen LogP contribution >= 0.6 is 10.7 Å². The third-order valence-corrected chi connectivity index (χ3v) is 20.5. The van der Waals surface area contributed by atoms with E-state index in [1.165, 1.54) is 95.0 Å². The molecule has 12 rings (SSSR count). The van der Waals surface area contributed by atoms with E-state index in [1.807, 2.05) is 26.1 Å². The van der Waals surface area contributed by atoms with Crippen molar-refractivity contribution in [3.63, 3.8) is 0 Å². The predicted octanol–water partition coefficient (Wildman–Crippen LogP) is 12.7. The second-order valence-electron chi connectivity index (χ2n) is 23.0. The van der Waals surface area contributed by atoms with Crippen LogP contribution in [-0.2, 0) is 68.4 Å². The number of pyridine rings is 3. The van der Waals surface area contributed by atoms with Gasteiger partial charge in [-0.2, -0.15) is 39.5 Å². The Kier molecular flexibility index (Phi) is 21.4. The number of sulfonamides is 2. The highest BCUT2D eigenvalue weighted by Crippen LogP contribution is 2.46. The van der Waals surface area contributed by atoms with Gasteiger partial charge in [0.25, 0.3) is 17.7 Å². The Morgan fingerprint density at radius 1 is 0.480 bits per heavy atom. The lowest BCUT2D eigenvalue weighted by molar-refractivity contribution is -0.107. The van der Waals surface area contributed by atoms with Crippen molar-refractivity contribution < 1.29 is 97.4 Å². The number of aryl methyl sites for hydroxylation is 2. The predicted molar refractivity (Wildman–Crippen MR) is 348 cm³/mol. The molecule has 0 radical (unpaired) electrons. The zero-order valence-corrected chi connectivity index (χ0v) is 56.0. The molecule has 6 aromatic carbocycles. The first-order valence-electron chi connectivity index (χ1n) is 29.4. The monoisotopic (exact) mass is 1480 g/mol. The van der Waals surface area contributed by atoms with Gasteiger partial charge in [-0.25, -0.2) is 38.4 Å². The number of phenolic OH excluding ortho intramolecular Hbond substituents is 1. The summed E-state index contributed by atoms with van der Waals surface area (Å²) in [5, 5.41) is 15.4. The van der Waals surface area contributed by atoms with Crippen molar-refractivity contribution in [2.45, 2.75) is 71.6 Å². The Labute approximate surface area is 567 Å². The van der Waals surface area contributed by atoms with Crippen LogP contribution in [0.2, 0.25) is 0 Å². The van der Waals surface area contributed by atoms with Crippen molar-refractivity contribution in [1.82, 2.24) is 29.7 Å². The Balaban J connectivity index is 0.000000166. The lowest BCUT2D eigenvalue weighted by Crippen LogP contribution is -2.36. The molecule has 35 heteroatoms. The SMILES string of the molecule is CN(c1c2c(c(O)c3ncccc13)C(=O)N(Cc1ccc(F)cc1)C2)S(=O)(=O)CC(F)(F)F.CNc1c2c(c(C)c3ncccc13)C(=O)N(Cc1ccc(F)cc1)C2.Cc1c2c(c(N(C)S(=O)(=O)CC(F)(F)F)c3cccnc13)CN(Cc1ccc(F)cc1)C2=O.O=S(=O)(Cl)CC(F)(F)F. The molecule has 3 aromatic heterocycles. The van der Waals surface area contributed by atoms with E-state index in [2.05, 4.69) is 31.0 Å². The number of aromatic nitrogens is 3. The molecule has 0 aliphatic carbocycles. The number of alkyl halides is 9. The molecule has 530 valence electrons. The molecule has 0 saturated heterocycles. The molecule has 3 amide bonds. The zero-order valence-electron chi connectivity index (χ0n) is 52.8. The number of carbonyl (C=O) groups is 3. The van der Waals surface area contributed by atoms with E-state index in [1.54, 1.807) is 42.3 Å². The quantitative estimate of drug-likeness (QED) is 0.0760. The van der Waals surface area contributed by atoms with Gasteiger partial charge in [-0.1, -0.05) is 36.4 Å². The van der Waals surface area contributed by atoms with Crippen LogP contribution in [0.15, 0.2) is 128 Å². The van der Waals surface area contributed by atoms with E-state index >= 15 is 0 Å². The Morgan fingerprint density at radius 3 is 1.14 bits per heavy atom. The van der Waals surface area contributed by atoms with Crippen LogP contribution in [-0.4, -0.2) is 135 Å². The largest absolute Gasteiger partial charge is 0.505 e. The average molecular weight is 1480 g/mol. The second kappa shape index (κ2) is 28.6. The lowest BCUT2D eigenvalue weighted by atomic mass is 9.97. The van der Waals surface area contributed by atoms with Gasteiger partial charge in [0.2, 0.25) is 29.1 Å². The summed E-state index contributed by atoms with van der Waals surface area (Å²) in [6, 6.07) is 27.1. The molecule has 100 heavy (non-hydrogen) atoms. The first-order valence-corrected chi connectivity index (χ1v) is 35.1. The van der Waals surface area contributed by atoms with Crippen LogP contribution in [0, 0.1) is 31.3 Å². The van der Waals surface area contributed by atoms with Gasteiger partial charge in [0.15, 0.2) is 23.0 Å². The molecule has 3 aliphatic rings. The number of anilines is 3. The second-order valence-corrected chi connectivity index (χ2v) is 29.8. The Bertz CT molecular complexity index is 4830. The molecule has 6 heterocycles. The normalized spacial score (nSPS) is 13.9. The van der Waals surface area contributed by atoms with Crippen molar-refractivity contribution in [1.29, 1.82) is 0 Å². The Hall–Kier alpha value is -9.54. The minimum atomic E-state index is -4.98. The van der Waals surface area contributed by atoms with E-state index in [9.17, 15) is 97.4 Å².